The predicted molar refractivity (Wildman–Crippen MR) is 58.3 cm³/mol. The molecule has 76 valence electrons. The van der Waals surface area contributed by atoms with E-state index < -0.39 is 0 Å². The summed E-state index contributed by atoms with van der Waals surface area (Å²) in [5, 5.41) is 4.09. The molecule has 1 aliphatic carbocycles. The van der Waals surface area contributed by atoms with Crippen LogP contribution < -0.4 is 5.32 Å². The number of rotatable bonds is 4. The Bertz CT molecular complexity index is 310. The first kappa shape index (κ1) is 9.94. The van der Waals surface area contributed by atoms with E-state index in [1.807, 2.05) is 12.1 Å². The average molecular weight is 211 g/mol. The highest BCUT2D eigenvalue weighted by molar-refractivity contribution is 6.30. The summed E-state index contributed by atoms with van der Waals surface area (Å²) in [4.78, 5) is 4.04. The van der Waals surface area contributed by atoms with Gasteiger partial charge in [-0.25, -0.2) is 4.98 Å². The van der Waals surface area contributed by atoms with Crippen molar-refractivity contribution < 1.29 is 0 Å². The summed E-state index contributed by atoms with van der Waals surface area (Å²) in [5.74, 6) is 0.880. The molecule has 0 amide bonds. The molecule has 3 heteroatoms. The molecular weight excluding hydrogens is 196 g/mol. The number of nitrogens with one attached hydrogen (secondary N) is 1. The van der Waals surface area contributed by atoms with Crippen molar-refractivity contribution in [2.24, 2.45) is 5.92 Å². The fraction of sp³-hybridized carbons (Fsp3) is 0.545. The Balaban J connectivity index is 1.87. The van der Waals surface area contributed by atoms with E-state index in [1.165, 1.54) is 12.8 Å². The predicted octanol–water partition coefficient (Wildman–Crippen LogP) is 2.62. The van der Waals surface area contributed by atoms with Gasteiger partial charge in [0.25, 0.3) is 0 Å². The van der Waals surface area contributed by atoms with E-state index in [0.717, 1.165) is 18.0 Å². The summed E-state index contributed by atoms with van der Waals surface area (Å²) in [6, 6.07) is 4.54. The van der Waals surface area contributed by atoms with Crippen molar-refractivity contribution in [1.29, 1.82) is 0 Å². The van der Waals surface area contributed by atoms with Gasteiger partial charge in [0.05, 0.1) is 0 Å². The monoisotopic (exact) mass is 210 g/mol. The molecule has 0 aliphatic heterocycles. The second-order valence-corrected chi connectivity index (χ2v) is 4.32. The molecule has 0 spiro atoms. The van der Waals surface area contributed by atoms with Gasteiger partial charge in [-0.3, -0.25) is 0 Å². The molecule has 1 aromatic rings. The van der Waals surface area contributed by atoms with Crippen molar-refractivity contribution >= 4 is 11.6 Å². The van der Waals surface area contributed by atoms with Gasteiger partial charge in [-0.05, 0) is 31.7 Å². The van der Waals surface area contributed by atoms with Gasteiger partial charge in [-0.1, -0.05) is 17.7 Å². The number of aromatic nitrogens is 1. The number of hydrogen-bond donors (Lipinski definition) is 1. The van der Waals surface area contributed by atoms with Crippen LogP contribution in [0.2, 0.25) is 5.15 Å². The van der Waals surface area contributed by atoms with Gasteiger partial charge in [0.1, 0.15) is 5.15 Å². The first-order chi connectivity index (χ1) is 6.77. The second-order valence-electron chi connectivity index (χ2n) is 3.96. The maximum Gasteiger partial charge on any atom is 0.133 e. The molecule has 2 nitrogen and oxygen atoms in total. The van der Waals surface area contributed by atoms with E-state index in [9.17, 15) is 0 Å². The molecule has 1 fully saturated rings. The Kier molecular flexibility index (Phi) is 3.04. The zero-order valence-electron chi connectivity index (χ0n) is 8.33. The van der Waals surface area contributed by atoms with Crippen LogP contribution in [0.4, 0.5) is 0 Å². The molecule has 1 N–H and O–H groups in total. The zero-order valence-corrected chi connectivity index (χ0v) is 9.09. The molecule has 2 rings (SSSR count). The highest BCUT2D eigenvalue weighted by Gasteiger charge is 2.27. The van der Waals surface area contributed by atoms with Gasteiger partial charge >= 0.3 is 0 Å². The first-order valence-corrected chi connectivity index (χ1v) is 5.48. The third-order valence-electron chi connectivity index (χ3n) is 2.78. The molecule has 0 radical (unpaired) electrons. The maximum absolute atomic E-state index is 5.95. The summed E-state index contributed by atoms with van der Waals surface area (Å²) in [7, 11) is 0. The van der Waals surface area contributed by atoms with Crippen LogP contribution in [-0.2, 0) is 6.54 Å². The molecule has 1 aliphatic rings. The fourth-order valence-electron chi connectivity index (χ4n) is 1.59. The molecule has 1 unspecified atom stereocenters. The fourth-order valence-corrected chi connectivity index (χ4v) is 1.77. The van der Waals surface area contributed by atoms with Crippen molar-refractivity contribution in [1.82, 2.24) is 10.3 Å². The molecule has 1 atom stereocenters. The smallest absolute Gasteiger partial charge is 0.133 e. The highest BCUT2D eigenvalue weighted by Crippen LogP contribution is 2.32. The lowest BCUT2D eigenvalue weighted by Gasteiger charge is -2.12. The van der Waals surface area contributed by atoms with Gasteiger partial charge in [0.15, 0.2) is 0 Å². The largest absolute Gasteiger partial charge is 0.310 e. The molecule has 0 aromatic carbocycles. The van der Waals surface area contributed by atoms with Crippen LogP contribution in [0.5, 0.6) is 0 Å². The Morgan fingerprint density at radius 1 is 1.64 bits per heavy atom. The number of hydrogen-bond acceptors (Lipinski definition) is 2. The molecule has 0 saturated heterocycles. The summed E-state index contributed by atoms with van der Waals surface area (Å²) in [6.45, 7) is 3.06. The molecule has 0 bridgehead atoms. The Morgan fingerprint density at radius 2 is 2.43 bits per heavy atom. The van der Waals surface area contributed by atoms with Crippen LogP contribution in [0, 0.1) is 5.92 Å². The summed E-state index contributed by atoms with van der Waals surface area (Å²) < 4.78 is 0. The lowest BCUT2D eigenvalue weighted by atomic mass is 10.2. The van der Waals surface area contributed by atoms with Gasteiger partial charge < -0.3 is 5.32 Å². The zero-order chi connectivity index (χ0) is 9.97. The highest BCUT2D eigenvalue weighted by atomic mass is 35.5. The van der Waals surface area contributed by atoms with Gasteiger partial charge in [-0.15, -0.1) is 0 Å². The van der Waals surface area contributed by atoms with Crippen LogP contribution in [0.15, 0.2) is 18.3 Å². The topological polar surface area (TPSA) is 24.9 Å². The Hall–Kier alpha value is -0.600. The number of halogens is 1. The molecular formula is C11H15ClN2. The quantitative estimate of drug-likeness (QED) is 0.773. The second kappa shape index (κ2) is 4.28. The maximum atomic E-state index is 5.95. The Labute approximate surface area is 89.7 Å². The van der Waals surface area contributed by atoms with Crippen molar-refractivity contribution in [3.05, 3.63) is 29.0 Å². The first-order valence-electron chi connectivity index (χ1n) is 5.10. The average Bonchev–Trinajstić information content (AvgIpc) is 2.99. The lowest BCUT2D eigenvalue weighted by Crippen LogP contribution is -2.27. The van der Waals surface area contributed by atoms with Crippen LogP contribution in [-0.4, -0.2) is 11.0 Å². The van der Waals surface area contributed by atoms with Crippen LogP contribution in [0.25, 0.3) is 0 Å². The molecule has 1 aromatic heterocycles. The minimum atomic E-state index is 0.603. The van der Waals surface area contributed by atoms with Crippen LogP contribution in [0.3, 0.4) is 0 Å². The molecule has 14 heavy (non-hydrogen) atoms. The number of nitrogens with zero attached hydrogens (tertiary/aromatic N) is 1. The third-order valence-corrected chi connectivity index (χ3v) is 3.12. The van der Waals surface area contributed by atoms with Gasteiger partial charge in [-0.2, -0.15) is 0 Å². The SMILES string of the molecule is CC(NCc1cccnc1Cl)C1CC1. The lowest BCUT2D eigenvalue weighted by molar-refractivity contribution is 0.496. The molecule has 1 heterocycles. The Morgan fingerprint density at radius 3 is 3.07 bits per heavy atom. The van der Waals surface area contributed by atoms with Crippen molar-refractivity contribution in [2.45, 2.75) is 32.4 Å². The molecule has 1 saturated carbocycles. The van der Waals surface area contributed by atoms with Crippen molar-refractivity contribution in [2.75, 3.05) is 0 Å². The normalized spacial score (nSPS) is 18.1. The number of pyridine rings is 1. The third kappa shape index (κ3) is 2.46. The van der Waals surface area contributed by atoms with Crippen molar-refractivity contribution in [3.63, 3.8) is 0 Å². The van der Waals surface area contributed by atoms with E-state index in [-0.39, 0.29) is 0 Å². The van der Waals surface area contributed by atoms with E-state index in [4.69, 9.17) is 11.6 Å². The van der Waals surface area contributed by atoms with E-state index >= 15 is 0 Å². The van der Waals surface area contributed by atoms with Crippen molar-refractivity contribution in [3.8, 4) is 0 Å². The van der Waals surface area contributed by atoms with Crippen LogP contribution >= 0.6 is 11.6 Å². The van der Waals surface area contributed by atoms with Gasteiger partial charge in [0, 0.05) is 24.3 Å². The summed E-state index contributed by atoms with van der Waals surface area (Å²) in [5.41, 5.74) is 1.08. The minimum absolute atomic E-state index is 0.603. The summed E-state index contributed by atoms with van der Waals surface area (Å²) >= 11 is 5.95. The van der Waals surface area contributed by atoms with Crippen LogP contribution in [0.1, 0.15) is 25.3 Å². The van der Waals surface area contributed by atoms with E-state index in [1.54, 1.807) is 6.20 Å². The minimum Gasteiger partial charge on any atom is -0.310 e. The summed E-state index contributed by atoms with van der Waals surface area (Å²) in [6.07, 6.45) is 4.46. The van der Waals surface area contributed by atoms with E-state index in [2.05, 4.69) is 17.2 Å². The standard InChI is InChI=1S/C11H15ClN2/c1-8(9-4-5-9)14-7-10-3-2-6-13-11(10)12/h2-3,6,8-9,14H,4-5,7H2,1H3. The van der Waals surface area contributed by atoms with Gasteiger partial charge in [0.2, 0.25) is 0 Å². The van der Waals surface area contributed by atoms with E-state index in [0.29, 0.717) is 11.2 Å².